The standard InChI is InChI=1S/C143H143NO2/c1-17-21-25-29-41-74-142(75-42-30-26-22-18-2)113-52-37-33-48-99(113)105-68-59-94(82-122(105)142)91-57-66-102-101-65-56-90(78-115(101)137(7,8)116(102)79-91)93-61-71-109-119(81-93)140(13,14)133-131(109)136-130(111-51-36-40-55-126(111)146-136)129-108-73-64-98(86-121(108)141(15,16)132(129)133)144(134-88(5)46-45-47-89(134)6)97-63-72-107-120(85-97)139(11,12)124-87-112(127-110-50-35-39-54-125(110)145-135(127)128(107)124)96-62-70-104-103-67-58-92(80-117(103)138(9,10)118(104)84-96)95-60-69-106-100-49-34-38-53-114(100)143(123(106)83-95,76-43-31-27-23-19-3)77-44-32-28-24-20-4/h33-40,45-73,78-87H,17-32,41-44,74-77H2,1-16H3. The lowest BCUT2D eigenvalue weighted by Gasteiger charge is -2.33. The predicted octanol–water partition coefficient (Wildman–Crippen LogP) is 41.7. The van der Waals surface area contributed by atoms with Gasteiger partial charge in [-0.15, -0.1) is 0 Å². The highest BCUT2D eigenvalue weighted by Crippen LogP contribution is 2.67. The number of nitrogens with zero attached hydrogens (tertiary/aromatic N) is 1. The summed E-state index contributed by atoms with van der Waals surface area (Å²) in [6.07, 6.45) is 30.8. The SMILES string of the molecule is CCCCCCCC1(CCCCCCC)c2ccccc2-c2ccc(-c3ccc4c(c3)C(C)(C)c3cc(-c5ccc6c(c5)C(C)(C)c5c7c(c8c(oc9ccccc98)c5-6)-c5ccc(N(c6ccc8c(c6)C(C)(C)c6cc(-c9ccc%10c(c9)C(C)(C)c9cc(-c%11ccc%12c(c%11)C(CCCCCCC)(CCCCCCC)c%11ccccc%11-%12)ccc9-%10)c9c(oc%10ccccc%109)c6-8)c6c(C)cccc6C)cc5C7(C)C)ccc3-4)cc21. The molecule has 0 aliphatic heterocycles. The molecule has 0 saturated heterocycles. The second kappa shape index (κ2) is 35.6. The molecule has 7 aliphatic rings. The van der Waals surface area contributed by atoms with Crippen molar-refractivity contribution in [1.82, 2.24) is 0 Å². The van der Waals surface area contributed by atoms with E-state index in [0.29, 0.717) is 0 Å². The number of furan rings is 2. The molecule has 2 heterocycles. The first kappa shape index (κ1) is 93.9. The van der Waals surface area contributed by atoms with Gasteiger partial charge in [0.25, 0.3) is 0 Å². The zero-order chi connectivity index (χ0) is 100.0. The molecule has 0 bridgehead atoms. The van der Waals surface area contributed by atoms with Crippen molar-refractivity contribution in [2.45, 2.75) is 303 Å². The summed E-state index contributed by atoms with van der Waals surface area (Å²) in [5, 5.41) is 4.68. The summed E-state index contributed by atoms with van der Waals surface area (Å²) in [7, 11) is 0. The molecule has 0 spiro atoms. The molecule has 732 valence electrons. The fourth-order valence-corrected chi connectivity index (χ4v) is 29.8. The van der Waals surface area contributed by atoms with Crippen LogP contribution in [0.3, 0.4) is 0 Å². The molecule has 0 atom stereocenters. The van der Waals surface area contributed by atoms with E-state index in [-0.39, 0.29) is 21.7 Å². The van der Waals surface area contributed by atoms with Crippen molar-refractivity contribution in [3.05, 3.63) is 374 Å². The number of hydrogen-bond acceptors (Lipinski definition) is 3. The Bertz CT molecular complexity index is 8320. The van der Waals surface area contributed by atoms with Crippen LogP contribution >= 0.6 is 0 Å². The zero-order valence-corrected chi connectivity index (χ0v) is 89.4. The monoisotopic (exact) mass is 1910 g/mol. The highest BCUT2D eigenvalue weighted by molar-refractivity contribution is 6.22. The van der Waals surface area contributed by atoms with Gasteiger partial charge in [0, 0.05) is 82.0 Å². The summed E-state index contributed by atoms with van der Waals surface area (Å²) in [6, 6.07) is 113. The predicted molar refractivity (Wildman–Crippen MR) is 621 cm³/mol. The molecule has 0 fully saturated rings. The van der Waals surface area contributed by atoms with E-state index in [1.807, 2.05) is 0 Å². The van der Waals surface area contributed by atoms with Gasteiger partial charge in [-0.2, -0.15) is 0 Å². The molecule has 0 radical (unpaired) electrons. The largest absolute Gasteiger partial charge is 0.455 e. The van der Waals surface area contributed by atoms with Crippen molar-refractivity contribution in [2.24, 2.45) is 0 Å². The minimum absolute atomic E-state index is 0.0188. The number of para-hydroxylation sites is 3. The molecular formula is C143H143NO2. The summed E-state index contributed by atoms with van der Waals surface area (Å²) in [5.74, 6) is 0. The van der Waals surface area contributed by atoms with Crippen molar-refractivity contribution in [3.63, 3.8) is 0 Å². The van der Waals surface area contributed by atoms with E-state index in [4.69, 9.17) is 8.83 Å². The van der Waals surface area contributed by atoms with Crippen LogP contribution in [0.4, 0.5) is 17.1 Å². The quantitative estimate of drug-likeness (QED) is 0.0406. The Labute approximate surface area is 867 Å². The van der Waals surface area contributed by atoms with Gasteiger partial charge in [0.15, 0.2) is 0 Å². The number of unbranched alkanes of at least 4 members (excludes halogenated alkanes) is 16. The van der Waals surface area contributed by atoms with Crippen molar-refractivity contribution in [2.75, 3.05) is 4.90 Å². The van der Waals surface area contributed by atoms with E-state index in [0.717, 1.165) is 44.5 Å². The van der Waals surface area contributed by atoms with Crippen LogP contribution in [-0.4, -0.2) is 0 Å². The number of hydrogen-bond donors (Lipinski definition) is 0. The molecule has 3 nitrogen and oxygen atoms in total. The maximum absolute atomic E-state index is 7.43. The van der Waals surface area contributed by atoms with E-state index in [2.05, 4.69) is 401 Å². The van der Waals surface area contributed by atoms with Crippen molar-refractivity contribution in [3.8, 4) is 122 Å². The van der Waals surface area contributed by atoms with Gasteiger partial charge in [0.2, 0.25) is 0 Å². The molecule has 3 heteroatoms. The lowest BCUT2D eigenvalue weighted by atomic mass is 9.70. The van der Waals surface area contributed by atoms with Crippen molar-refractivity contribution < 1.29 is 8.83 Å². The van der Waals surface area contributed by atoms with Gasteiger partial charge in [-0.1, -0.05) is 426 Å². The Morgan fingerprint density at radius 3 is 0.952 bits per heavy atom. The van der Waals surface area contributed by atoms with Gasteiger partial charge < -0.3 is 13.7 Å². The Hall–Kier alpha value is -13.1. The fourth-order valence-electron chi connectivity index (χ4n) is 29.8. The van der Waals surface area contributed by atoms with Gasteiger partial charge >= 0.3 is 0 Å². The molecule has 146 heavy (non-hydrogen) atoms. The van der Waals surface area contributed by atoms with Gasteiger partial charge in [-0.05, 0) is 325 Å². The number of rotatable bonds is 31. The first-order chi connectivity index (χ1) is 70.8. The highest BCUT2D eigenvalue weighted by atomic mass is 16.3. The fraction of sp³-hybridized carbons (Fsp3) is 0.329. The minimum Gasteiger partial charge on any atom is -0.455 e. The molecule has 0 unspecified atom stereocenters. The highest BCUT2D eigenvalue weighted by Gasteiger charge is 2.52. The summed E-state index contributed by atoms with van der Waals surface area (Å²) in [4.78, 5) is 2.59. The molecule has 7 aliphatic carbocycles. The van der Waals surface area contributed by atoms with Crippen LogP contribution in [0.25, 0.3) is 166 Å². The van der Waals surface area contributed by atoms with E-state index in [9.17, 15) is 0 Å². The van der Waals surface area contributed by atoms with Gasteiger partial charge in [-0.3, -0.25) is 0 Å². The number of benzene rings is 16. The van der Waals surface area contributed by atoms with Crippen LogP contribution in [0, 0.1) is 13.8 Å². The van der Waals surface area contributed by atoms with Crippen molar-refractivity contribution in [1.29, 1.82) is 0 Å². The third-order valence-electron chi connectivity index (χ3n) is 37.5. The maximum Gasteiger partial charge on any atom is 0.144 e. The summed E-state index contributed by atoms with van der Waals surface area (Å²) < 4.78 is 14.8. The molecule has 0 amide bonds. The smallest absolute Gasteiger partial charge is 0.144 e. The second-order valence-electron chi connectivity index (χ2n) is 47.8. The van der Waals surface area contributed by atoms with Crippen LogP contribution in [0.2, 0.25) is 0 Å². The summed E-state index contributed by atoms with van der Waals surface area (Å²) >= 11 is 0. The third-order valence-corrected chi connectivity index (χ3v) is 37.5. The normalized spacial score (nSPS) is 15.8. The average Bonchev–Trinajstić information content (AvgIpc) is 1.49. The van der Waals surface area contributed by atoms with Crippen LogP contribution < -0.4 is 4.90 Å². The lowest BCUT2D eigenvalue weighted by molar-refractivity contribution is 0.399. The Balaban J connectivity index is 0.542. The van der Waals surface area contributed by atoms with Gasteiger partial charge in [0.05, 0.1) is 5.69 Å². The van der Waals surface area contributed by atoms with Crippen LogP contribution in [0.1, 0.15) is 340 Å². The molecule has 18 aromatic rings. The minimum atomic E-state index is -0.449. The van der Waals surface area contributed by atoms with E-state index in [1.54, 1.807) is 22.3 Å². The lowest BCUT2D eigenvalue weighted by Crippen LogP contribution is -2.25. The van der Waals surface area contributed by atoms with Gasteiger partial charge in [0.1, 0.15) is 22.3 Å². The van der Waals surface area contributed by atoms with Crippen molar-refractivity contribution >= 4 is 60.9 Å². The van der Waals surface area contributed by atoms with Gasteiger partial charge in [-0.25, -0.2) is 0 Å². The molecule has 16 aromatic carbocycles. The maximum atomic E-state index is 7.43. The summed E-state index contributed by atoms with van der Waals surface area (Å²) in [6.45, 7) is 38.8. The van der Waals surface area contributed by atoms with E-state index in [1.165, 1.54) is 360 Å². The molecule has 25 rings (SSSR count). The van der Waals surface area contributed by atoms with E-state index >= 15 is 0 Å². The van der Waals surface area contributed by atoms with Crippen LogP contribution in [-0.2, 0) is 37.9 Å². The number of aryl methyl sites for hydroxylation is 2. The Kier molecular flexibility index (Phi) is 22.9. The van der Waals surface area contributed by atoms with Crippen LogP contribution in [0.15, 0.2) is 294 Å². The van der Waals surface area contributed by atoms with Crippen LogP contribution in [0.5, 0.6) is 0 Å². The molecule has 2 aromatic heterocycles. The molecule has 0 saturated carbocycles. The number of fused-ring (bicyclic) bond motifs is 31. The molecular weight excluding hydrogens is 1760 g/mol. The molecule has 0 N–H and O–H groups in total. The Morgan fingerprint density at radius 1 is 0.219 bits per heavy atom. The zero-order valence-electron chi connectivity index (χ0n) is 89.4. The third kappa shape index (κ3) is 14.2. The summed E-state index contributed by atoms with van der Waals surface area (Å²) in [5.41, 5.74) is 56.6. The Morgan fingerprint density at radius 2 is 0.521 bits per heavy atom. The topological polar surface area (TPSA) is 29.5 Å². The first-order valence-electron chi connectivity index (χ1n) is 56.3. The number of anilines is 3. The average molecular weight is 1910 g/mol. The first-order valence-corrected chi connectivity index (χ1v) is 56.3. The second-order valence-corrected chi connectivity index (χ2v) is 47.8. The van der Waals surface area contributed by atoms with E-state index < -0.39 is 16.2 Å².